The van der Waals surface area contributed by atoms with Crippen LogP contribution < -0.4 is 0 Å². The lowest BCUT2D eigenvalue weighted by Gasteiger charge is -2.32. The van der Waals surface area contributed by atoms with Gasteiger partial charge in [-0.15, -0.1) is 0 Å². The highest BCUT2D eigenvalue weighted by atomic mass is 19.1. The molecule has 0 N–H and O–H groups in total. The molecule has 0 aliphatic carbocycles. The number of halogens is 1. The molecule has 1 aliphatic rings. The number of likely N-dealkylation sites (tertiary alicyclic amines) is 1. The van der Waals surface area contributed by atoms with Crippen molar-refractivity contribution in [1.29, 1.82) is 0 Å². The van der Waals surface area contributed by atoms with E-state index in [4.69, 9.17) is 0 Å². The summed E-state index contributed by atoms with van der Waals surface area (Å²) in [4.78, 5) is 27.9. The zero-order valence-electron chi connectivity index (χ0n) is 16.7. The van der Waals surface area contributed by atoms with Crippen LogP contribution in [0.1, 0.15) is 34.7 Å². The fraction of sp³-hybridized carbons (Fsp3) is 0.364. The van der Waals surface area contributed by atoms with E-state index in [1.807, 2.05) is 24.7 Å². The van der Waals surface area contributed by atoms with Crippen LogP contribution in [0.15, 0.2) is 42.9 Å². The molecule has 6 nitrogen and oxygen atoms in total. The molecule has 0 radical (unpaired) electrons. The van der Waals surface area contributed by atoms with Crippen LogP contribution in [0.25, 0.3) is 11.4 Å². The lowest BCUT2D eigenvalue weighted by molar-refractivity contribution is 0.0685. The van der Waals surface area contributed by atoms with Gasteiger partial charge in [0.1, 0.15) is 17.3 Å². The number of benzene rings is 1. The topological polar surface area (TPSA) is 63.9 Å². The zero-order chi connectivity index (χ0) is 20.4. The fourth-order valence-corrected chi connectivity index (χ4v) is 3.87. The molecule has 3 aromatic rings. The van der Waals surface area contributed by atoms with Gasteiger partial charge < -0.3 is 9.47 Å². The Kier molecular flexibility index (Phi) is 5.38. The van der Waals surface area contributed by atoms with Gasteiger partial charge in [-0.2, -0.15) is 0 Å². The standard InChI is InChI=1S/C22H24FN5O/c1-15-26-14-20(27(15)2)21-19(24-9-10-25-21)13-16-7-11-28(12-8-16)22(29)17-5-3-4-6-18(17)23/h3-6,9-10,14,16H,7-8,11-13H2,1-2H3. The summed E-state index contributed by atoms with van der Waals surface area (Å²) in [5, 5.41) is 0. The van der Waals surface area contributed by atoms with Gasteiger partial charge in [-0.1, -0.05) is 12.1 Å². The van der Waals surface area contributed by atoms with E-state index in [0.717, 1.165) is 42.2 Å². The second kappa shape index (κ2) is 8.11. The number of hydrogen-bond donors (Lipinski definition) is 0. The van der Waals surface area contributed by atoms with Crippen LogP contribution >= 0.6 is 0 Å². The maximum atomic E-state index is 13.9. The van der Waals surface area contributed by atoms with Crippen molar-refractivity contribution in [3.8, 4) is 11.4 Å². The highest BCUT2D eigenvalue weighted by molar-refractivity contribution is 5.94. The minimum absolute atomic E-state index is 0.147. The number of aryl methyl sites for hydroxylation is 1. The van der Waals surface area contributed by atoms with Crippen LogP contribution in [-0.4, -0.2) is 43.4 Å². The SMILES string of the molecule is Cc1ncc(-c2nccnc2CC2CCN(C(=O)c3ccccc3F)CC2)n1C. The Hall–Kier alpha value is -3.09. The average Bonchev–Trinajstić information content (AvgIpc) is 3.07. The molecule has 29 heavy (non-hydrogen) atoms. The molecule has 4 rings (SSSR count). The number of hydrogen-bond acceptors (Lipinski definition) is 4. The third kappa shape index (κ3) is 3.90. The average molecular weight is 393 g/mol. The molecule has 1 amide bonds. The van der Waals surface area contributed by atoms with E-state index in [1.165, 1.54) is 6.07 Å². The van der Waals surface area contributed by atoms with E-state index in [1.54, 1.807) is 35.5 Å². The molecule has 0 bridgehead atoms. The number of carbonyl (C=O) groups is 1. The normalized spacial score (nSPS) is 14.9. The summed E-state index contributed by atoms with van der Waals surface area (Å²) in [7, 11) is 1.98. The summed E-state index contributed by atoms with van der Waals surface area (Å²) in [6.45, 7) is 3.21. The van der Waals surface area contributed by atoms with Crippen LogP contribution in [0.4, 0.5) is 4.39 Å². The van der Waals surface area contributed by atoms with Crippen LogP contribution in [-0.2, 0) is 13.5 Å². The van der Waals surface area contributed by atoms with Crippen molar-refractivity contribution in [2.45, 2.75) is 26.2 Å². The Morgan fingerprint density at radius 1 is 1.14 bits per heavy atom. The smallest absolute Gasteiger partial charge is 0.256 e. The molecule has 1 aromatic carbocycles. The number of nitrogens with zero attached hydrogens (tertiary/aromatic N) is 5. The minimum atomic E-state index is -0.463. The van der Waals surface area contributed by atoms with Gasteiger partial charge in [0.15, 0.2) is 0 Å². The molecule has 2 aromatic heterocycles. The van der Waals surface area contributed by atoms with E-state index in [-0.39, 0.29) is 11.5 Å². The molecule has 1 saturated heterocycles. The maximum absolute atomic E-state index is 13.9. The monoisotopic (exact) mass is 393 g/mol. The van der Waals surface area contributed by atoms with Gasteiger partial charge in [-0.05, 0) is 44.2 Å². The van der Waals surface area contributed by atoms with Crippen molar-refractivity contribution in [3.63, 3.8) is 0 Å². The quantitative estimate of drug-likeness (QED) is 0.681. The summed E-state index contributed by atoms with van der Waals surface area (Å²) in [5.74, 6) is 0.642. The molecular weight excluding hydrogens is 369 g/mol. The minimum Gasteiger partial charge on any atom is -0.339 e. The number of piperidine rings is 1. The lowest BCUT2D eigenvalue weighted by atomic mass is 9.91. The second-order valence-electron chi connectivity index (χ2n) is 7.52. The third-order valence-electron chi connectivity index (χ3n) is 5.73. The van der Waals surface area contributed by atoms with Crippen molar-refractivity contribution in [3.05, 3.63) is 65.8 Å². The Bertz CT molecular complexity index is 1020. The Morgan fingerprint density at radius 3 is 2.55 bits per heavy atom. The molecule has 7 heteroatoms. The molecule has 3 heterocycles. The van der Waals surface area contributed by atoms with Gasteiger partial charge >= 0.3 is 0 Å². The van der Waals surface area contributed by atoms with Gasteiger partial charge in [-0.25, -0.2) is 9.37 Å². The summed E-state index contributed by atoms with van der Waals surface area (Å²) < 4.78 is 15.9. The first-order chi connectivity index (χ1) is 14.0. The number of rotatable bonds is 4. The van der Waals surface area contributed by atoms with Crippen molar-refractivity contribution >= 4 is 5.91 Å². The first kappa shape index (κ1) is 19.2. The van der Waals surface area contributed by atoms with E-state index in [2.05, 4.69) is 15.0 Å². The summed E-state index contributed by atoms with van der Waals surface area (Å²) >= 11 is 0. The lowest BCUT2D eigenvalue weighted by Crippen LogP contribution is -2.39. The molecular formula is C22H24FN5O. The van der Waals surface area contributed by atoms with Gasteiger partial charge in [0.25, 0.3) is 5.91 Å². The van der Waals surface area contributed by atoms with E-state index < -0.39 is 5.82 Å². The van der Waals surface area contributed by atoms with Crippen LogP contribution in [0.3, 0.4) is 0 Å². The summed E-state index contributed by atoms with van der Waals surface area (Å²) in [5.41, 5.74) is 2.92. The summed E-state index contributed by atoms with van der Waals surface area (Å²) in [6, 6.07) is 6.17. The first-order valence-corrected chi connectivity index (χ1v) is 9.87. The molecule has 150 valence electrons. The van der Waals surface area contributed by atoms with Crippen LogP contribution in [0.5, 0.6) is 0 Å². The largest absolute Gasteiger partial charge is 0.339 e. The maximum Gasteiger partial charge on any atom is 0.256 e. The Labute approximate surface area is 169 Å². The Morgan fingerprint density at radius 2 is 1.86 bits per heavy atom. The van der Waals surface area contributed by atoms with Crippen molar-refractivity contribution in [2.75, 3.05) is 13.1 Å². The van der Waals surface area contributed by atoms with Crippen molar-refractivity contribution in [2.24, 2.45) is 13.0 Å². The van der Waals surface area contributed by atoms with Crippen molar-refractivity contribution < 1.29 is 9.18 Å². The molecule has 1 fully saturated rings. The highest BCUT2D eigenvalue weighted by Gasteiger charge is 2.26. The predicted molar refractivity (Wildman–Crippen MR) is 108 cm³/mol. The zero-order valence-corrected chi connectivity index (χ0v) is 16.7. The van der Waals surface area contributed by atoms with Gasteiger partial charge in [-0.3, -0.25) is 14.8 Å². The van der Waals surface area contributed by atoms with Gasteiger partial charge in [0.2, 0.25) is 0 Å². The number of imidazole rings is 1. The molecule has 0 saturated carbocycles. The van der Waals surface area contributed by atoms with Crippen molar-refractivity contribution in [1.82, 2.24) is 24.4 Å². The summed E-state index contributed by atoms with van der Waals surface area (Å²) in [6.07, 6.45) is 7.78. The molecule has 0 atom stereocenters. The number of amides is 1. The van der Waals surface area contributed by atoms with Gasteiger partial charge in [0.05, 0.1) is 23.1 Å². The molecule has 1 aliphatic heterocycles. The number of aromatic nitrogens is 4. The fourth-order valence-electron chi connectivity index (χ4n) is 3.87. The van der Waals surface area contributed by atoms with E-state index >= 15 is 0 Å². The van der Waals surface area contributed by atoms with Crippen LogP contribution in [0, 0.1) is 18.7 Å². The second-order valence-corrected chi connectivity index (χ2v) is 7.52. The van der Waals surface area contributed by atoms with Gasteiger partial charge in [0, 0.05) is 32.5 Å². The molecule has 0 spiro atoms. The van der Waals surface area contributed by atoms with E-state index in [0.29, 0.717) is 19.0 Å². The third-order valence-corrected chi connectivity index (χ3v) is 5.73. The first-order valence-electron chi connectivity index (χ1n) is 9.87. The van der Waals surface area contributed by atoms with Crippen LogP contribution in [0.2, 0.25) is 0 Å². The number of carbonyl (C=O) groups excluding carboxylic acids is 1. The highest BCUT2D eigenvalue weighted by Crippen LogP contribution is 2.27. The van der Waals surface area contributed by atoms with E-state index in [9.17, 15) is 9.18 Å². The molecule has 0 unspecified atom stereocenters. The Balaban J connectivity index is 1.44. The predicted octanol–water partition coefficient (Wildman–Crippen LogP) is 3.42.